The maximum Gasteiger partial charge on any atom is 0.328 e. The molecule has 0 radical (unpaired) electrons. The van der Waals surface area contributed by atoms with Gasteiger partial charge in [-0.3, -0.25) is 9.59 Å². The normalized spacial score (nSPS) is 11.4. The summed E-state index contributed by atoms with van der Waals surface area (Å²) in [6.07, 6.45) is 0.780. The summed E-state index contributed by atoms with van der Waals surface area (Å²) in [4.78, 5) is 36.2. The third-order valence-electron chi connectivity index (χ3n) is 3.46. The van der Waals surface area contributed by atoms with Crippen molar-refractivity contribution in [1.82, 2.24) is 5.32 Å². The van der Waals surface area contributed by atoms with Gasteiger partial charge in [0.25, 0.3) is 11.8 Å². The Labute approximate surface area is 150 Å². The highest BCUT2D eigenvalue weighted by Gasteiger charge is 2.19. The van der Waals surface area contributed by atoms with Crippen LogP contribution in [0.15, 0.2) is 41.8 Å². The van der Waals surface area contributed by atoms with Crippen LogP contribution in [0.2, 0.25) is 0 Å². The molecule has 1 heterocycles. The van der Waals surface area contributed by atoms with E-state index in [0.717, 1.165) is 12.0 Å². The van der Waals surface area contributed by atoms with Crippen LogP contribution >= 0.6 is 11.3 Å². The Bertz CT molecular complexity index is 743. The number of rotatable bonds is 7. The summed E-state index contributed by atoms with van der Waals surface area (Å²) in [6.45, 7) is 3.09. The molecule has 1 aromatic heterocycles. The quantitative estimate of drug-likeness (QED) is 0.744. The highest BCUT2D eigenvalue weighted by Crippen LogP contribution is 2.15. The third-order valence-corrected chi connectivity index (χ3v) is 4.33. The highest BCUT2D eigenvalue weighted by molar-refractivity contribution is 7.12. The van der Waals surface area contributed by atoms with E-state index in [4.69, 9.17) is 4.74 Å². The summed E-state index contributed by atoms with van der Waals surface area (Å²) in [6, 6.07) is 10.0. The van der Waals surface area contributed by atoms with Crippen molar-refractivity contribution in [2.75, 3.05) is 11.9 Å². The number of anilines is 1. The molecule has 1 aromatic carbocycles. The second-order valence-electron chi connectivity index (χ2n) is 5.34. The number of carbonyl (C=O) groups is 3. The Morgan fingerprint density at radius 2 is 1.92 bits per heavy atom. The molecule has 0 fully saturated rings. The van der Waals surface area contributed by atoms with Crippen molar-refractivity contribution in [3.8, 4) is 0 Å². The predicted molar refractivity (Wildman–Crippen MR) is 96.7 cm³/mol. The fraction of sp³-hybridized carbons (Fsp3) is 0.278. The minimum atomic E-state index is -0.842. The van der Waals surface area contributed by atoms with Crippen LogP contribution < -0.4 is 10.6 Å². The minimum absolute atomic E-state index is 0.347. The number of carbonyl (C=O) groups excluding carboxylic acids is 3. The summed E-state index contributed by atoms with van der Waals surface area (Å²) < 4.78 is 4.97. The van der Waals surface area contributed by atoms with E-state index in [9.17, 15) is 14.4 Å². The molecule has 2 N–H and O–H groups in total. The van der Waals surface area contributed by atoms with Crippen molar-refractivity contribution in [1.29, 1.82) is 0 Å². The monoisotopic (exact) mass is 360 g/mol. The van der Waals surface area contributed by atoms with Gasteiger partial charge < -0.3 is 15.4 Å². The molecule has 0 aliphatic heterocycles. The molecule has 7 heteroatoms. The van der Waals surface area contributed by atoms with E-state index in [1.165, 1.54) is 18.3 Å². The van der Waals surface area contributed by atoms with Gasteiger partial charge in [-0.1, -0.05) is 31.2 Å². The van der Waals surface area contributed by atoms with Gasteiger partial charge in [-0.15, -0.1) is 11.3 Å². The molecular formula is C18H20N2O4S. The molecule has 25 heavy (non-hydrogen) atoms. The van der Waals surface area contributed by atoms with Crippen LogP contribution in [-0.2, 0) is 20.7 Å². The zero-order chi connectivity index (χ0) is 18.2. The number of hydrogen-bond donors (Lipinski definition) is 2. The van der Waals surface area contributed by atoms with Gasteiger partial charge in [0.1, 0.15) is 6.04 Å². The van der Waals surface area contributed by atoms with Crippen molar-refractivity contribution < 1.29 is 19.1 Å². The molecule has 0 spiro atoms. The third kappa shape index (κ3) is 5.42. The summed E-state index contributed by atoms with van der Waals surface area (Å²) in [5, 5.41) is 7.03. The fourth-order valence-corrected chi connectivity index (χ4v) is 2.76. The summed E-state index contributed by atoms with van der Waals surface area (Å²) >= 11 is 1.28. The second-order valence-corrected chi connectivity index (χ2v) is 6.29. The topological polar surface area (TPSA) is 84.5 Å². The molecule has 6 nitrogen and oxygen atoms in total. The van der Waals surface area contributed by atoms with Gasteiger partial charge in [-0.25, -0.2) is 4.79 Å². The molecule has 0 bridgehead atoms. The molecule has 2 aromatic rings. The van der Waals surface area contributed by atoms with Crippen molar-refractivity contribution in [2.45, 2.75) is 26.3 Å². The molecule has 0 saturated carbocycles. The van der Waals surface area contributed by atoms with E-state index in [1.54, 1.807) is 23.6 Å². The number of benzene rings is 1. The average molecular weight is 360 g/mol. The van der Waals surface area contributed by atoms with Crippen molar-refractivity contribution in [3.05, 3.63) is 52.2 Å². The Morgan fingerprint density at radius 3 is 2.60 bits per heavy atom. The van der Waals surface area contributed by atoms with Crippen LogP contribution in [0.25, 0.3) is 0 Å². The average Bonchev–Trinajstić information content (AvgIpc) is 3.14. The maximum atomic E-state index is 11.9. The van der Waals surface area contributed by atoms with Gasteiger partial charge >= 0.3 is 5.97 Å². The van der Waals surface area contributed by atoms with E-state index in [1.807, 2.05) is 25.1 Å². The standard InChI is InChI=1S/C18H20N2O4S/c1-3-13-7-4-5-8-14(13)20-16(21)11-24-18(23)12(2)19-17(22)15-9-6-10-25-15/h4-10,12H,3,11H2,1-2H3,(H,19,22)(H,20,21). The number of hydrogen-bond acceptors (Lipinski definition) is 5. The van der Waals surface area contributed by atoms with Gasteiger partial charge in [-0.05, 0) is 36.4 Å². The molecular weight excluding hydrogens is 340 g/mol. The first kappa shape index (κ1) is 18.7. The lowest BCUT2D eigenvalue weighted by Crippen LogP contribution is -2.40. The van der Waals surface area contributed by atoms with Gasteiger partial charge in [0, 0.05) is 5.69 Å². The van der Waals surface area contributed by atoms with Crippen molar-refractivity contribution in [3.63, 3.8) is 0 Å². The largest absolute Gasteiger partial charge is 0.454 e. The van der Waals surface area contributed by atoms with Gasteiger partial charge in [-0.2, -0.15) is 0 Å². The lowest BCUT2D eigenvalue weighted by atomic mass is 10.1. The van der Waals surface area contributed by atoms with Crippen molar-refractivity contribution >= 4 is 34.8 Å². The second kappa shape index (κ2) is 8.98. The van der Waals surface area contributed by atoms with Gasteiger partial charge in [0.05, 0.1) is 4.88 Å². The molecule has 1 atom stereocenters. The number of para-hydroxylation sites is 1. The van der Waals surface area contributed by atoms with Gasteiger partial charge in [0.15, 0.2) is 6.61 Å². The lowest BCUT2D eigenvalue weighted by molar-refractivity contribution is -0.148. The molecule has 2 rings (SSSR count). The Morgan fingerprint density at radius 1 is 1.16 bits per heavy atom. The van der Waals surface area contributed by atoms with E-state index >= 15 is 0 Å². The van der Waals surface area contributed by atoms with Crippen molar-refractivity contribution in [2.24, 2.45) is 0 Å². The Hall–Kier alpha value is -2.67. The molecule has 0 aliphatic carbocycles. The Kier molecular flexibility index (Phi) is 6.71. The van der Waals surface area contributed by atoms with Crippen LogP contribution in [0.4, 0.5) is 5.69 Å². The minimum Gasteiger partial charge on any atom is -0.454 e. The van der Waals surface area contributed by atoms with E-state index in [2.05, 4.69) is 10.6 Å². The SMILES string of the molecule is CCc1ccccc1NC(=O)COC(=O)C(C)NC(=O)c1cccs1. The number of nitrogens with one attached hydrogen (secondary N) is 2. The van der Waals surface area contributed by atoms with Crippen LogP contribution in [0.1, 0.15) is 29.1 Å². The van der Waals surface area contributed by atoms with E-state index < -0.39 is 24.5 Å². The number of ether oxygens (including phenoxy) is 1. The number of amides is 2. The zero-order valence-corrected chi connectivity index (χ0v) is 14.9. The summed E-state index contributed by atoms with van der Waals surface area (Å²) in [7, 11) is 0. The molecule has 1 unspecified atom stereocenters. The summed E-state index contributed by atoms with van der Waals surface area (Å²) in [5.74, 6) is -1.43. The number of esters is 1. The zero-order valence-electron chi connectivity index (χ0n) is 14.1. The Balaban J connectivity index is 1.80. The number of aryl methyl sites for hydroxylation is 1. The first-order valence-electron chi connectivity index (χ1n) is 7.90. The molecule has 0 saturated heterocycles. The first-order chi connectivity index (χ1) is 12.0. The fourth-order valence-electron chi connectivity index (χ4n) is 2.13. The summed E-state index contributed by atoms with van der Waals surface area (Å²) in [5.41, 5.74) is 1.70. The first-order valence-corrected chi connectivity index (χ1v) is 8.78. The smallest absolute Gasteiger partial charge is 0.328 e. The van der Waals surface area contributed by atoms with Crippen LogP contribution in [0.3, 0.4) is 0 Å². The maximum absolute atomic E-state index is 11.9. The molecule has 0 aliphatic rings. The lowest BCUT2D eigenvalue weighted by Gasteiger charge is -2.13. The van der Waals surface area contributed by atoms with E-state index in [0.29, 0.717) is 10.6 Å². The van der Waals surface area contributed by atoms with Gasteiger partial charge in [0.2, 0.25) is 0 Å². The van der Waals surface area contributed by atoms with E-state index in [-0.39, 0.29) is 5.91 Å². The van der Waals surface area contributed by atoms with Crippen LogP contribution in [-0.4, -0.2) is 30.4 Å². The number of thiophene rings is 1. The highest BCUT2D eigenvalue weighted by atomic mass is 32.1. The van der Waals surface area contributed by atoms with Crippen LogP contribution in [0, 0.1) is 0 Å². The van der Waals surface area contributed by atoms with Crippen LogP contribution in [0.5, 0.6) is 0 Å². The predicted octanol–water partition coefficient (Wildman–Crippen LogP) is 2.61. The molecule has 132 valence electrons. The molecule has 2 amide bonds.